The van der Waals surface area contributed by atoms with Crippen LogP contribution in [0, 0.1) is 16.4 Å². The first kappa shape index (κ1) is 31.5. The summed E-state index contributed by atoms with van der Waals surface area (Å²) in [6.07, 6.45) is 0. The first-order chi connectivity index (χ1) is 18.6. The van der Waals surface area contributed by atoms with E-state index in [2.05, 4.69) is 46.7 Å². The summed E-state index contributed by atoms with van der Waals surface area (Å²) in [6, 6.07) is 13.4. The second kappa shape index (κ2) is 14.6. The molecule has 1 heterocycles. The van der Waals surface area contributed by atoms with Gasteiger partial charge in [0.1, 0.15) is 15.6 Å². The van der Waals surface area contributed by atoms with Gasteiger partial charge in [-0.2, -0.15) is 0 Å². The smallest absolute Gasteiger partial charge is 0.357 e. The van der Waals surface area contributed by atoms with Gasteiger partial charge in [0.05, 0.1) is 32.1 Å². The summed E-state index contributed by atoms with van der Waals surface area (Å²) in [5, 5.41) is 4.08. The molecule has 0 aliphatic heterocycles. The van der Waals surface area contributed by atoms with Gasteiger partial charge in [-0.05, 0) is 86.5 Å². The fourth-order valence-corrected chi connectivity index (χ4v) is 7.22. The van der Waals surface area contributed by atoms with Gasteiger partial charge in [0, 0.05) is 20.4 Å². The Hall–Kier alpha value is -1.98. The van der Waals surface area contributed by atoms with Crippen molar-refractivity contribution in [3.05, 3.63) is 62.2 Å². The van der Waals surface area contributed by atoms with E-state index in [9.17, 15) is 9.36 Å². The van der Waals surface area contributed by atoms with Crippen LogP contribution in [0.15, 0.2) is 42.5 Å². The first-order valence-corrected chi connectivity index (χ1v) is 16.5. The third-order valence-corrected chi connectivity index (χ3v) is 9.88. The summed E-state index contributed by atoms with van der Waals surface area (Å²) in [7, 11) is -3.74. The maximum Gasteiger partial charge on any atom is 0.357 e. The summed E-state index contributed by atoms with van der Waals surface area (Å²) >= 11 is 3.50. The molecule has 0 aliphatic carbocycles. The van der Waals surface area contributed by atoms with Gasteiger partial charge in [-0.15, -0.1) is 11.3 Å². The Morgan fingerprint density at radius 2 is 1.77 bits per heavy atom. The molecule has 11 heteroatoms. The van der Waals surface area contributed by atoms with Crippen LogP contribution in [-0.2, 0) is 18.3 Å². The van der Waals surface area contributed by atoms with Crippen molar-refractivity contribution < 1.29 is 27.9 Å². The summed E-state index contributed by atoms with van der Waals surface area (Å²) in [5.74, 6) is -0.431. The van der Waals surface area contributed by atoms with Crippen molar-refractivity contribution in [2.24, 2.45) is 5.92 Å². The average molecular weight is 687 g/mol. The average Bonchev–Trinajstić information content (AvgIpc) is 3.29. The van der Waals surface area contributed by atoms with E-state index in [1.54, 1.807) is 27.7 Å². The molecular weight excluding hydrogens is 650 g/mol. The third-order valence-electron chi connectivity index (χ3n) is 5.48. The van der Waals surface area contributed by atoms with E-state index in [1.807, 2.05) is 42.5 Å². The molecule has 2 aromatic carbocycles. The Labute approximate surface area is 248 Å². The number of anilines is 1. The molecule has 0 amide bonds. The monoisotopic (exact) mass is 686 g/mol. The maximum atomic E-state index is 14.3. The van der Waals surface area contributed by atoms with Gasteiger partial charge in [0.25, 0.3) is 0 Å². The lowest BCUT2D eigenvalue weighted by atomic mass is 10.1. The van der Waals surface area contributed by atoms with Crippen LogP contribution in [-0.4, -0.2) is 37.4 Å². The standard InChI is InChI=1S/C28H36IN2O6PS/c1-7-34-28(32)25-19(6)30-27(39-25)20-14-15-24(35-17-18(4)5)21(16-20)26(38(33,36-8-2)37-9-3)31-23-13-11-10-12-22(23)29/h10-16,18,26,31H,7-9,17H2,1-6H3. The quantitative estimate of drug-likeness (QED) is 0.103. The number of aryl methyl sites for hydroxylation is 1. The van der Waals surface area contributed by atoms with Crippen LogP contribution in [0.3, 0.4) is 0 Å². The largest absolute Gasteiger partial charge is 0.493 e. The Morgan fingerprint density at radius 3 is 2.38 bits per heavy atom. The number of hydrogen-bond acceptors (Lipinski definition) is 9. The van der Waals surface area contributed by atoms with Crippen molar-refractivity contribution in [3.8, 4) is 16.3 Å². The molecule has 212 valence electrons. The van der Waals surface area contributed by atoms with Crippen molar-refractivity contribution in [3.63, 3.8) is 0 Å². The second-order valence-electron chi connectivity index (χ2n) is 9.01. The topological polar surface area (TPSA) is 96.0 Å². The summed E-state index contributed by atoms with van der Waals surface area (Å²) in [6.45, 7) is 12.4. The van der Waals surface area contributed by atoms with Crippen LogP contribution in [0.5, 0.6) is 5.75 Å². The molecule has 1 atom stereocenters. The zero-order valence-corrected chi connectivity index (χ0v) is 27.0. The Kier molecular flexibility index (Phi) is 11.8. The Balaban J connectivity index is 2.21. The number of aromatic nitrogens is 1. The van der Waals surface area contributed by atoms with E-state index in [1.165, 1.54) is 11.3 Å². The highest BCUT2D eigenvalue weighted by atomic mass is 127. The molecule has 3 rings (SSSR count). The van der Waals surface area contributed by atoms with Crippen LogP contribution in [0.4, 0.5) is 5.69 Å². The molecule has 39 heavy (non-hydrogen) atoms. The number of halogens is 1. The van der Waals surface area contributed by atoms with Gasteiger partial charge in [-0.25, -0.2) is 9.78 Å². The normalized spacial score (nSPS) is 12.4. The molecule has 0 fully saturated rings. The lowest BCUT2D eigenvalue weighted by Gasteiger charge is -2.30. The van der Waals surface area contributed by atoms with Crippen molar-refractivity contribution in [2.45, 2.75) is 47.3 Å². The molecule has 0 spiro atoms. The lowest BCUT2D eigenvalue weighted by molar-refractivity contribution is 0.0531. The van der Waals surface area contributed by atoms with E-state index < -0.39 is 19.3 Å². The predicted octanol–water partition coefficient (Wildman–Crippen LogP) is 8.31. The van der Waals surface area contributed by atoms with Crippen LogP contribution in [0.1, 0.15) is 61.3 Å². The number of carbonyl (C=O) groups excluding carboxylic acids is 1. The SMILES string of the molecule is CCOC(=O)c1sc(-c2ccc(OCC(C)C)c(C(Nc3ccccc3I)P(=O)(OCC)OCC)c2)nc1C. The van der Waals surface area contributed by atoms with Gasteiger partial charge in [-0.3, -0.25) is 4.57 Å². The summed E-state index contributed by atoms with van der Waals surface area (Å²) < 4.78 is 38.4. The van der Waals surface area contributed by atoms with Gasteiger partial charge in [0.15, 0.2) is 5.78 Å². The zero-order valence-electron chi connectivity index (χ0n) is 23.2. The van der Waals surface area contributed by atoms with Crippen LogP contribution in [0.25, 0.3) is 10.6 Å². The Bertz CT molecular complexity index is 1300. The van der Waals surface area contributed by atoms with Crippen molar-refractivity contribution in [1.82, 2.24) is 4.98 Å². The number of nitrogens with one attached hydrogen (secondary N) is 1. The van der Waals surface area contributed by atoms with Gasteiger partial charge in [-0.1, -0.05) is 26.0 Å². The van der Waals surface area contributed by atoms with Crippen LogP contribution in [0.2, 0.25) is 0 Å². The van der Waals surface area contributed by atoms with E-state index >= 15 is 0 Å². The fraction of sp³-hybridized carbons (Fsp3) is 0.429. The molecule has 1 N–H and O–H groups in total. The highest BCUT2D eigenvalue weighted by Crippen LogP contribution is 2.62. The molecular formula is C28H36IN2O6PS. The molecule has 0 aliphatic rings. The minimum Gasteiger partial charge on any atom is -0.493 e. The number of thiazole rings is 1. The number of hydrogen-bond donors (Lipinski definition) is 1. The van der Waals surface area contributed by atoms with E-state index in [0.29, 0.717) is 33.5 Å². The zero-order chi connectivity index (χ0) is 28.6. The maximum absolute atomic E-state index is 14.3. The van der Waals surface area contributed by atoms with E-state index in [4.69, 9.17) is 18.5 Å². The third kappa shape index (κ3) is 8.04. The van der Waals surface area contributed by atoms with Crippen molar-refractivity contribution in [1.29, 1.82) is 0 Å². The summed E-state index contributed by atoms with van der Waals surface area (Å²) in [5.41, 5.74) is 2.75. The predicted molar refractivity (Wildman–Crippen MR) is 165 cm³/mol. The van der Waals surface area contributed by atoms with Gasteiger partial charge >= 0.3 is 13.6 Å². The van der Waals surface area contributed by atoms with Gasteiger partial charge < -0.3 is 23.8 Å². The minimum absolute atomic E-state index is 0.206. The Morgan fingerprint density at radius 1 is 1.08 bits per heavy atom. The van der Waals surface area contributed by atoms with E-state index in [-0.39, 0.29) is 25.7 Å². The highest BCUT2D eigenvalue weighted by molar-refractivity contribution is 14.1. The number of benzene rings is 2. The minimum atomic E-state index is -3.74. The van der Waals surface area contributed by atoms with Gasteiger partial charge in [0.2, 0.25) is 0 Å². The highest BCUT2D eigenvalue weighted by Gasteiger charge is 2.39. The molecule has 0 saturated carbocycles. The van der Waals surface area contributed by atoms with Crippen molar-refractivity contribution >= 4 is 53.2 Å². The molecule has 3 aromatic rings. The van der Waals surface area contributed by atoms with Crippen molar-refractivity contribution in [2.75, 3.05) is 31.7 Å². The number of carbonyl (C=O) groups is 1. The molecule has 1 unspecified atom stereocenters. The number of ether oxygens (including phenoxy) is 2. The first-order valence-electron chi connectivity index (χ1n) is 12.9. The fourth-order valence-electron chi connectivity index (χ4n) is 3.79. The number of rotatable bonds is 14. The summed E-state index contributed by atoms with van der Waals surface area (Å²) in [4.78, 5) is 17.5. The van der Waals surface area contributed by atoms with Crippen LogP contribution < -0.4 is 10.1 Å². The molecule has 0 saturated heterocycles. The van der Waals surface area contributed by atoms with E-state index in [0.717, 1.165) is 14.8 Å². The molecule has 0 radical (unpaired) electrons. The van der Waals surface area contributed by atoms with Crippen LogP contribution >= 0.6 is 41.5 Å². The molecule has 0 bridgehead atoms. The second-order valence-corrected chi connectivity index (χ2v) is 13.3. The number of esters is 1. The molecule has 1 aromatic heterocycles. The number of para-hydroxylation sites is 1. The number of nitrogens with zero attached hydrogens (tertiary/aromatic N) is 1. The molecule has 8 nitrogen and oxygen atoms in total. The lowest BCUT2D eigenvalue weighted by Crippen LogP contribution is -2.18.